The third kappa shape index (κ3) is 6.80. The van der Waals surface area contributed by atoms with Crippen molar-refractivity contribution in [3.63, 3.8) is 0 Å². The number of hydrogen-bond donors (Lipinski definition) is 3. The van der Waals surface area contributed by atoms with E-state index < -0.39 is 41.5 Å². The quantitative estimate of drug-likeness (QED) is 0.264. The van der Waals surface area contributed by atoms with Crippen LogP contribution >= 0.6 is 11.3 Å². The van der Waals surface area contributed by atoms with Crippen LogP contribution in [0.3, 0.4) is 0 Å². The van der Waals surface area contributed by atoms with Crippen LogP contribution in [0.4, 0.5) is 16.2 Å². The van der Waals surface area contributed by atoms with Crippen molar-refractivity contribution in [1.82, 2.24) is 15.1 Å². The zero-order valence-electron chi connectivity index (χ0n) is 21.5. The van der Waals surface area contributed by atoms with Crippen LogP contribution in [0.1, 0.15) is 28.5 Å². The van der Waals surface area contributed by atoms with Crippen LogP contribution in [0, 0.1) is 17.0 Å². The van der Waals surface area contributed by atoms with E-state index in [0.29, 0.717) is 5.69 Å². The fourth-order valence-corrected chi connectivity index (χ4v) is 5.19. The molecule has 1 aromatic heterocycles. The molecule has 0 radical (unpaired) electrons. The Balaban J connectivity index is 1.62. The SMILES string of the molecule is Cc1cccc(NC(=O)N2CCN(C(=O)Cc3cccs3)C2C(=O)NC(CC(=O)O)c2cccc([N+](=O)[O-])c2)c1. The largest absolute Gasteiger partial charge is 0.481 e. The summed E-state index contributed by atoms with van der Waals surface area (Å²) in [4.78, 5) is 65.9. The lowest BCUT2D eigenvalue weighted by Gasteiger charge is -2.31. The van der Waals surface area contributed by atoms with Crippen molar-refractivity contribution in [3.8, 4) is 0 Å². The number of nitro groups is 1. The van der Waals surface area contributed by atoms with E-state index in [1.54, 1.807) is 30.3 Å². The number of carbonyl (C=O) groups excluding carboxylic acids is 3. The second-order valence-electron chi connectivity index (χ2n) is 9.22. The summed E-state index contributed by atoms with van der Waals surface area (Å²) in [6.07, 6.45) is -1.91. The maximum Gasteiger partial charge on any atom is 0.323 e. The summed E-state index contributed by atoms with van der Waals surface area (Å²) in [7, 11) is 0. The predicted octanol–water partition coefficient (Wildman–Crippen LogP) is 3.54. The third-order valence-electron chi connectivity index (χ3n) is 6.34. The number of aliphatic carboxylic acids is 1. The summed E-state index contributed by atoms with van der Waals surface area (Å²) < 4.78 is 0. The van der Waals surface area contributed by atoms with Gasteiger partial charge in [-0.05, 0) is 41.6 Å². The molecule has 4 rings (SSSR count). The Morgan fingerprint density at radius 1 is 1.07 bits per heavy atom. The number of carbonyl (C=O) groups is 4. The molecule has 40 heavy (non-hydrogen) atoms. The highest BCUT2D eigenvalue weighted by atomic mass is 32.1. The van der Waals surface area contributed by atoms with Crippen molar-refractivity contribution in [2.24, 2.45) is 0 Å². The van der Waals surface area contributed by atoms with Crippen molar-refractivity contribution in [3.05, 3.63) is 92.2 Å². The van der Waals surface area contributed by atoms with Crippen molar-refractivity contribution < 1.29 is 29.2 Å². The summed E-state index contributed by atoms with van der Waals surface area (Å²) in [5.74, 6) is -2.41. The molecule has 2 aromatic carbocycles. The molecule has 0 spiro atoms. The highest BCUT2D eigenvalue weighted by Gasteiger charge is 2.43. The minimum Gasteiger partial charge on any atom is -0.481 e. The molecular weight excluding hydrogens is 538 g/mol. The smallest absolute Gasteiger partial charge is 0.323 e. The highest BCUT2D eigenvalue weighted by molar-refractivity contribution is 7.10. The van der Waals surface area contributed by atoms with E-state index in [9.17, 15) is 34.4 Å². The average molecular weight is 566 g/mol. The standard InChI is InChI=1S/C27H27N5O7S/c1-17-5-2-7-19(13-17)28-27(37)31-11-10-30(23(33)15-21-9-4-12-40-21)26(31)25(36)29-22(16-24(34)35)18-6-3-8-20(14-18)32(38)39/h2-9,12-14,22,26H,10-11,15-16H2,1H3,(H,28,37)(H,29,36)(H,34,35). The van der Waals surface area contributed by atoms with E-state index in [-0.39, 0.29) is 36.7 Å². The number of urea groups is 1. The normalized spacial score (nSPS) is 15.4. The zero-order valence-corrected chi connectivity index (χ0v) is 22.3. The summed E-state index contributed by atoms with van der Waals surface area (Å²) in [5, 5.41) is 28.0. The summed E-state index contributed by atoms with van der Waals surface area (Å²) in [5.41, 5.74) is 1.35. The molecule has 2 atom stereocenters. The number of hydrogen-bond acceptors (Lipinski definition) is 7. The summed E-state index contributed by atoms with van der Waals surface area (Å²) in [6, 6.07) is 14.2. The van der Waals surface area contributed by atoms with Gasteiger partial charge in [-0.2, -0.15) is 0 Å². The maximum atomic E-state index is 13.7. The first kappa shape index (κ1) is 28.2. The monoisotopic (exact) mass is 565 g/mol. The molecule has 1 saturated heterocycles. The Bertz CT molecular complexity index is 1430. The van der Waals surface area contributed by atoms with Gasteiger partial charge in [-0.15, -0.1) is 11.3 Å². The second-order valence-corrected chi connectivity index (χ2v) is 10.3. The van der Waals surface area contributed by atoms with E-state index in [4.69, 9.17) is 0 Å². The lowest BCUT2D eigenvalue weighted by Crippen LogP contribution is -2.55. The van der Waals surface area contributed by atoms with Crippen LogP contribution in [0.15, 0.2) is 66.0 Å². The number of nitrogens with one attached hydrogen (secondary N) is 2. The summed E-state index contributed by atoms with van der Waals surface area (Å²) >= 11 is 1.39. The lowest BCUT2D eigenvalue weighted by molar-refractivity contribution is -0.384. The first-order chi connectivity index (χ1) is 19.1. The second kappa shape index (κ2) is 12.4. The number of amides is 4. The number of carboxylic acid groups (broad SMARTS) is 1. The van der Waals surface area contributed by atoms with E-state index in [1.165, 1.54) is 45.4 Å². The number of nitro benzene ring substituents is 1. The van der Waals surface area contributed by atoms with Crippen LogP contribution in [0.2, 0.25) is 0 Å². The zero-order chi connectivity index (χ0) is 28.8. The Labute approximate surface area is 233 Å². The summed E-state index contributed by atoms with van der Waals surface area (Å²) in [6.45, 7) is 2.01. The lowest BCUT2D eigenvalue weighted by atomic mass is 10.0. The minimum absolute atomic E-state index is 0.0260. The van der Waals surface area contributed by atoms with E-state index >= 15 is 0 Å². The molecule has 12 nitrogen and oxygen atoms in total. The molecule has 0 bridgehead atoms. The van der Waals surface area contributed by atoms with Crippen molar-refractivity contribution in [1.29, 1.82) is 0 Å². The molecule has 208 valence electrons. The van der Waals surface area contributed by atoms with Crippen LogP contribution in [0.25, 0.3) is 0 Å². The van der Waals surface area contributed by atoms with E-state index in [1.807, 2.05) is 18.4 Å². The van der Waals surface area contributed by atoms with Crippen LogP contribution in [-0.4, -0.2) is 62.9 Å². The number of rotatable bonds is 9. The molecule has 1 aliphatic rings. The van der Waals surface area contributed by atoms with Crippen molar-refractivity contribution in [2.75, 3.05) is 18.4 Å². The van der Waals surface area contributed by atoms with Gasteiger partial charge in [0.25, 0.3) is 11.6 Å². The van der Waals surface area contributed by atoms with Gasteiger partial charge in [0.15, 0.2) is 6.17 Å². The molecule has 3 aromatic rings. The number of aryl methyl sites for hydroxylation is 1. The molecule has 2 heterocycles. The fraction of sp³-hybridized carbons (Fsp3) is 0.259. The number of thiophene rings is 1. The molecule has 2 unspecified atom stereocenters. The Morgan fingerprint density at radius 2 is 1.82 bits per heavy atom. The first-order valence-corrected chi connectivity index (χ1v) is 13.2. The van der Waals surface area contributed by atoms with Gasteiger partial charge in [-0.3, -0.25) is 29.4 Å². The topological polar surface area (TPSA) is 162 Å². The minimum atomic E-state index is -1.37. The van der Waals surface area contributed by atoms with Crippen molar-refractivity contribution >= 4 is 46.5 Å². The fourth-order valence-electron chi connectivity index (χ4n) is 4.50. The first-order valence-electron chi connectivity index (χ1n) is 12.3. The predicted molar refractivity (Wildman–Crippen MR) is 147 cm³/mol. The molecule has 4 amide bonds. The average Bonchev–Trinajstić information content (AvgIpc) is 3.58. The number of benzene rings is 2. The van der Waals surface area contributed by atoms with Gasteiger partial charge in [-0.1, -0.05) is 30.3 Å². The van der Waals surface area contributed by atoms with E-state index in [2.05, 4.69) is 10.6 Å². The molecule has 0 saturated carbocycles. The van der Waals surface area contributed by atoms with Gasteiger partial charge >= 0.3 is 12.0 Å². The Kier molecular flexibility index (Phi) is 8.74. The molecule has 1 aliphatic heterocycles. The van der Waals surface area contributed by atoms with Crippen LogP contribution < -0.4 is 10.6 Å². The maximum absolute atomic E-state index is 13.7. The van der Waals surface area contributed by atoms with Gasteiger partial charge in [0, 0.05) is 35.8 Å². The van der Waals surface area contributed by atoms with Gasteiger partial charge in [0.2, 0.25) is 5.91 Å². The molecule has 3 N–H and O–H groups in total. The van der Waals surface area contributed by atoms with E-state index in [0.717, 1.165) is 10.4 Å². The Morgan fingerprint density at radius 3 is 2.50 bits per heavy atom. The van der Waals surface area contributed by atoms with Gasteiger partial charge in [0.1, 0.15) is 0 Å². The molecule has 13 heteroatoms. The number of anilines is 1. The molecule has 0 aliphatic carbocycles. The van der Waals surface area contributed by atoms with Gasteiger partial charge < -0.3 is 20.6 Å². The van der Waals surface area contributed by atoms with Crippen LogP contribution in [0.5, 0.6) is 0 Å². The van der Waals surface area contributed by atoms with Crippen LogP contribution in [-0.2, 0) is 20.8 Å². The number of carboxylic acids is 1. The molecular formula is C27H27N5O7S. The number of non-ortho nitro benzene ring substituents is 1. The number of nitrogens with zero attached hydrogens (tertiary/aromatic N) is 3. The van der Waals surface area contributed by atoms with Gasteiger partial charge in [0.05, 0.1) is 23.8 Å². The van der Waals surface area contributed by atoms with Gasteiger partial charge in [-0.25, -0.2) is 4.79 Å². The molecule has 1 fully saturated rings. The van der Waals surface area contributed by atoms with Crippen molar-refractivity contribution in [2.45, 2.75) is 32.0 Å². The third-order valence-corrected chi connectivity index (χ3v) is 7.22. The highest BCUT2D eigenvalue weighted by Crippen LogP contribution is 2.25. The Hall–Kier alpha value is -4.78.